The van der Waals surface area contributed by atoms with Crippen LogP contribution in [-0.4, -0.2) is 23.0 Å². The summed E-state index contributed by atoms with van der Waals surface area (Å²) in [5, 5.41) is 3.73. The quantitative estimate of drug-likeness (QED) is 0.905. The summed E-state index contributed by atoms with van der Waals surface area (Å²) in [4.78, 5) is 16.5. The highest BCUT2D eigenvalue weighted by Crippen LogP contribution is 2.23. The van der Waals surface area contributed by atoms with Gasteiger partial charge in [0.2, 0.25) is 5.88 Å². The lowest BCUT2D eigenvalue weighted by Gasteiger charge is -2.29. The number of aryl methyl sites for hydroxylation is 1. The molecule has 0 radical (unpaired) electrons. The topological polar surface area (TPSA) is 51.2 Å². The maximum Gasteiger partial charge on any atom is 0.251 e. The monoisotopic (exact) mass is 344 g/mol. The standard InChI is InChI=1S/C19H21ClN2O2/c1-13-3-2-4-14(11-13)19(23)22-16-6-8-17(9-7-16)24-18-10-5-15(20)12-21-18/h2-5,10-12,16-17H,6-9H2,1H3,(H,22,23). The number of pyridine rings is 1. The predicted octanol–water partition coefficient (Wildman–Crippen LogP) is 4.16. The van der Waals surface area contributed by atoms with Crippen molar-refractivity contribution in [3.05, 3.63) is 58.7 Å². The molecule has 2 aromatic rings. The molecule has 0 atom stereocenters. The Hall–Kier alpha value is -2.07. The van der Waals surface area contributed by atoms with Gasteiger partial charge in [-0.15, -0.1) is 0 Å². The molecule has 4 nitrogen and oxygen atoms in total. The zero-order valence-electron chi connectivity index (χ0n) is 13.7. The summed E-state index contributed by atoms with van der Waals surface area (Å²) in [5.74, 6) is 0.606. The number of carbonyl (C=O) groups is 1. The molecule has 0 saturated heterocycles. The Balaban J connectivity index is 1.48. The number of aromatic nitrogens is 1. The summed E-state index contributed by atoms with van der Waals surface area (Å²) in [5.41, 5.74) is 1.81. The maximum atomic E-state index is 12.3. The van der Waals surface area contributed by atoms with Crippen LogP contribution in [0.25, 0.3) is 0 Å². The van der Waals surface area contributed by atoms with Crippen LogP contribution in [0.5, 0.6) is 5.88 Å². The van der Waals surface area contributed by atoms with E-state index in [1.807, 2.05) is 31.2 Å². The Bertz CT molecular complexity index is 695. The molecule has 1 heterocycles. The summed E-state index contributed by atoms with van der Waals surface area (Å²) < 4.78 is 5.88. The fourth-order valence-corrected chi connectivity index (χ4v) is 3.09. The number of carbonyl (C=O) groups excluding carboxylic acids is 1. The second-order valence-electron chi connectivity index (χ2n) is 6.25. The molecule has 1 N–H and O–H groups in total. The number of benzene rings is 1. The number of amides is 1. The van der Waals surface area contributed by atoms with Gasteiger partial charge >= 0.3 is 0 Å². The van der Waals surface area contributed by atoms with E-state index < -0.39 is 0 Å². The van der Waals surface area contributed by atoms with Crippen molar-refractivity contribution in [1.29, 1.82) is 0 Å². The molecule has 1 fully saturated rings. The van der Waals surface area contributed by atoms with Crippen LogP contribution in [0.1, 0.15) is 41.6 Å². The van der Waals surface area contributed by atoms with Crippen LogP contribution in [0.15, 0.2) is 42.6 Å². The van der Waals surface area contributed by atoms with E-state index >= 15 is 0 Å². The molecule has 1 aliphatic carbocycles. The van der Waals surface area contributed by atoms with Gasteiger partial charge in [-0.05, 0) is 50.8 Å². The smallest absolute Gasteiger partial charge is 0.251 e. The Kier molecular flexibility index (Phi) is 5.36. The highest BCUT2D eigenvalue weighted by Gasteiger charge is 2.24. The fourth-order valence-electron chi connectivity index (χ4n) is 2.98. The van der Waals surface area contributed by atoms with Crippen molar-refractivity contribution in [2.45, 2.75) is 44.8 Å². The molecule has 1 aliphatic rings. The van der Waals surface area contributed by atoms with Crippen LogP contribution in [0.4, 0.5) is 0 Å². The average Bonchev–Trinajstić information content (AvgIpc) is 2.59. The van der Waals surface area contributed by atoms with E-state index in [0.29, 0.717) is 10.9 Å². The lowest BCUT2D eigenvalue weighted by molar-refractivity contribution is 0.0890. The second-order valence-corrected chi connectivity index (χ2v) is 6.69. The number of halogens is 1. The van der Waals surface area contributed by atoms with Gasteiger partial charge in [-0.1, -0.05) is 29.3 Å². The minimum Gasteiger partial charge on any atom is -0.474 e. The predicted molar refractivity (Wildman–Crippen MR) is 94.6 cm³/mol. The molecule has 24 heavy (non-hydrogen) atoms. The molecule has 0 aliphatic heterocycles. The number of nitrogens with one attached hydrogen (secondary N) is 1. The van der Waals surface area contributed by atoms with Crippen molar-refractivity contribution in [3.63, 3.8) is 0 Å². The third kappa shape index (κ3) is 4.48. The van der Waals surface area contributed by atoms with Crippen molar-refractivity contribution in [1.82, 2.24) is 10.3 Å². The van der Waals surface area contributed by atoms with E-state index in [1.54, 1.807) is 18.3 Å². The minimum absolute atomic E-state index is 0.00226. The molecule has 1 amide bonds. The van der Waals surface area contributed by atoms with E-state index in [2.05, 4.69) is 10.3 Å². The first-order valence-corrected chi connectivity index (χ1v) is 8.64. The summed E-state index contributed by atoms with van der Waals surface area (Å²) in [6, 6.07) is 11.4. The SMILES string of the molecule is Cc1cccc(C(=O)NC2CCC(Oc3ccc(Cl)cn3)CC2)c1. The van der Waals surface area contributed by atoms with E-state index in [-0.39, 0.29) is 18.1 Å². The summed E-state index contributed by atoms with van der Waals surface area (Å²) in [6.07, 6.45) is 5.37. The van der Waals surface area contributed by atoms with Gasteiger partial charge in [0, 0.05) is 23.9 Å². The molecular weight excluding hydrogens is 324 g/mol. The Morgan fingerprint density at radius 3 is 2.67 bits per heavy atom. The highest BCUT2D eigenvalue weighted by molar-refractivity contribution is 6.30. The molecule has 1 saturated carbocycles. The van der Waals surface area contributed by atoms with E-state index in [0.717, 1.165) is 36.8 Å². The Labute approximate surface area is 147 Å². The van der Waals surface area contributed by atoms with Crippen LogP contribution in [0.3, 0.4) is 0 Å². The van der Waals surface area contributed by atoms with Crippen LogP contribution in [-0.2, 0) is 0 Å². The van der Waals surface area contributed by atoms with E-state index in [4.69, 9.17) is 16.3 Å². The first-order chi connectivity index (χ1) is 11.6. The molecule has 1 aromatic heterocycles. The van der Waals surface area contributed by atoms with Gasteiger partial charge < -0.3 is 10.1 Å². The molecule has 126 valence electrons. The number of rotatable bonds is 4. The van der Waals surface area contributed by atoms with E-state index in [1.165, 1.54) is 0 Å². The third-order valence-corrected chi connectivity index (χ3v) is 4.50. The third-order valence-electron chi connectivity index (χ3n) is 4.28. The van der Waals surface area contributed by atoms with Gasteiger partial charge in [-0.25, -0.2) is 4.98 Å². The van der Waals surface area contributed by atoms with Crippen molar-refractivity contribution in [2.24, 2.45) is 0 Å². The van der Waals surface area contributed by atoms with Crippen molar-refractivity contribution < 1.29 is 9.53 Å². The van der Waals surface area contributed by atoms with Crippen LogP contribution in [0.2, 0.25) is 5.02 Å². The maximum absolute atomic E-state index is 12.3. The normalized spacial score (nSPS) is 20.4. The van der Waals surface area contributed by atoms with Gasteiger partial charge in [-0.3, -0.25) is 4.79 Å². The summed E-state index contributed by atoms with van der Waals surface area (Å²) in [6.45, 7) is 1.99. The second kappa shape index (κ2) is 7.67. The van der Waals surface area contributed by atoms with Crippen molar-refractivity contribution in [2.75, 3.05) is 0 Å². The lowest BCUT2D eigenvalue weighted by Crippen LogP contribution is -2.39. The zero-order valence-corrected chi connectivity index (χ0v) is 14.4. The van der Waals surface area contributed by atoms with E-state index in [9.17, 15) is 4.79 Å². The summed E-state index contributed by atoms with van der Waals surface area (Å²) in [7, 11) is 0. The lowest BCUT2D eigenvalue weighted by atomic mass is 9.92. The van der Waals surface area contributed by atoms with Gasteiger partial charge in [0.1, 0.15) is 6.10 Å². The molecule has 0 spiro atoms. The van der Waals surface area contributed by atoms with Crippen molar-refractivity contribution >= 4 is 17.5 Å². The largest absolute Gasteiger partial charge is 0.474 e. The first-order valence-electron chi connectivity index (χ1n) is 8.26. The Morgan fingerprint density at radius 2 is 2.00 bits per heavy atom. The first kappa shape index (κ1) is 16.8. The highest BCUT2D eigenvalue weighted by atomic mass is 35.5. The van der Waals surface area contributed by atoms with Crippen LogP contribution >= 0.6 is 11.6 Å². The molecule has 0 bridgehead atoms. The van der Waals surface area contributed by atoms with Gasteiger partial charge in [0.15, 0.2) is 0 Å². The minimum atomic E-state index is 0.00226. The molecule has 5 heteroatoms. The molecule has 0 unspecified atom stereocenters. The van der Waals surface area contributed by atoms with Crippen molar-refractivity contribution in [3.8, 4) is 5.88 Å². The van der Waals surface area contributed by atoms with Gasteiger partial charge in [0.25, 0.3) is 5.91 Å². The zero-order chi connectivity index (χ0) is 16.9. The Morgan fingerprint density at radius 1 is 1.21 bits per heavy atom. The molecule has 3 rings (SSSR count). The number of hydrogen-bond donors (Lipinski definition) is 1. The number of nitrogens with zero attached hydrogens (tertiary/aromatic N) is 1. The van der Waals surface area contributed by atoms with Gasteiger partial charge in [0.05, 0.1) is 5.02 Å². The molecular formula is C19H21ClN2O2. The number of hydrogen-bond acceptors (Lipinski definition) is 3. The van der Waals surface area contributed by atoms with Crippen LogP contribution in [0, 0.1) is 6.92 Å². The van der Waals surface area contributed by atoms with Crippen LogP contribution < -0.4 is 10.1 Å². The number of ether oxygens (including phenoxy) is 1. The summed E-state index contributed by atoms with van der Waals surface area (Å²) >= 11 is 5.82. The fraction of sp³-hybridized carbons (Fsp3) is 0.368. The van der Waals surface area contributed by atoms with Gasteiger partial charge in [-0.2, -0.15) is 0 Å². The molecule has 1 aromatic carbocycles. The average molecular weight is 345 g/mol.